The zero-order valence-corrected chi connectivity index (χ0v) is 12.2. The molecule has 0 saturated carbocycles. The van der Waals surface area contributed by atoms with E-state index in [4.69, 9.17) is 0 Å². The second kappa shape index (κ2) is 6.58. The molecule has 1 atom stereocenters. The number of benzene rings is 1. The predicted octanol–water partition coefficient (Wildman–Crippen LogP) is 4.06. The molecule has 1 heterocycles. The maximum absolute atomic E-state index is 3.60. The van der Waals surface area contributed by atoms with Gasteiger partial charge in [-0.1, -0.05) is 31.2 Å². The van der Waals surface area contributed by atoms with Gasteiger partial charge in [-0.3, -0.25) is 0 Å². The molecule has 0 amide bonds. The maximum Gasteiger partial charge on any atom is 0.0297 e. The molecule has 0 spiro atoms. The van der Waals surface area contributed by atoms with E-state index in [0.717, 1.165) is 13.1 Å². The van der Waals surface area contributed by atoms with Crippen molar-refractivity contribution in [3.05, 3.63) is 59.4 Å². The smallest absolute Gasteiger partial charge is 0.0297 e. The Morgan fingerprint density at radius 2 is 2.00 bits per heavy atom. The largest absolute Gasteiger partial charge is 0.354 e. The molecule has 0 fully saturated rings. The molecule has 2 rings (SSSR count). The molecule has 0 radical (unpaired) electrons. The van der Waals surface area contributed by atoms with Crippen LogP contribution < -0.4 is 5.32 Å². The molecule has 19 heavy (non-hydrogen) atoms. The minimum atomic E-state index is 0.385. The van der Waals surface area contributed by atoms with Gasteiger partial charge in [0.25, 0.3) is 0 Å². The summed E-state index contributed by atoms with van der Waals surface area (Å²) in [4.78, 5) is 0. The Bertz CT molecular complexity index is 513. The van der Waals surface area contributed by atoms with E-state index >= 15 is 0 Å². The lowest BCUT2D eigenvalue weighted by molar-refractivity contribution is 0.571. The van der Waals surface area contributed by atoms with E-state index in [2.05, 4.69) is 73.4 Å². The Labute approximate surface area is 116 Å². The third kappa shape index (κ3) is 3.71. The van der Waals surface area contributed by atoms with Gasteiger partial charge in [0.05, 0.1) is 0 Å². The molecule has 1 aromatic heterocycles. The van der Waals surface area contributed by atoms with E-state index in [9.17, 15) is 0 Å². The zero-order chi connectivity index (χ0) is 13.7. The van der Waals surface area contributed by atoms with Gasteiger partial charge < -0.3 is 9.88 Å². The number of hydrogen-bond acceptors (Lipinski definition) is 1. The van der Waals surface area contributed by atoms with Gasteiger partial charge in [-0.25, -0.2) is 0 Å². The lowest BCUT2D eigenvalue weighted by Crippen LogP contribution is -2.18. The Morgan fingerprint density at radius 1 is 1.21 bits per heavy atom. The molecule has 0 aliphatic carbocycles. The average molecular weight is 256 g/mol. The molecule has 0 aliphatic rings. The van der Waals surface area contributed by atoms with Crippen molar-refractivity contribution in [2.45, 2.75) is 46.3 Å². The third-order valence-electron chi connectivity index (χ3n) is 3.56. The lowest BCUT2D eigenvalue weighted by Gasteiger charge is -2.16. The monoisotopic (exact) mass is 256 g/mol. The van der Waals surface area contributed by atoms with Crippen LogP contribution in [0.15, 0.2) is 42.7 Å². The summed E-state index contributed by atoms with van der Waals surface area (Å²) in [6, 6.07) is 11.2. The number of aryl methyl sites for hydroxylation is 2. The first-order valence-corrected chi connectivity index (χ1v) is 7.14. The van der Waals surface area contributed by atoms with Crippen molar-refractivity contribution in [1.29, 1.82) is 0 Å². The fraction of sp³-hybridized carbons (Fsp3) is 0.412. The van der Waals surface area contributed by atoms with Crippen molar-refractivity contribution in [3.63, 3.8) is 0 Å². The molecule has 1 aromatic carbocycles. The van der Waals surface area contributed by atoms with E-state index < -0.39 is 0 Å². The van der Waals surface area contributed by atoms with Crippen LogP contribution in [0.1, 0.15) is 43.0 Å². The highest BCUT2D eigenvalue weighted by atomic mass is 14.9. The zero-order valence-electron chi connectivity index (χ0n) is 12.2. The summed E-state index contributed by atoms with van der Waals surface area (Å²) in [5.41, 5.74) is 4.09. The van der Waals surface area contributed by atoms with Crippen molar-refractivity contribution < 1.29 is 0 Å². The summed E-state index contributed by atoms with van der Waals surface area (Å²) < 4.78 is 2.26. The van der Waals surface area contributed by atoms with Crippen molar-refractivity contribution in [1.82, 2.24) is 9.88 Å². The highest BCUT2D eigenvalue weighted by Crippen LogP contribution is 2.17. The lowest BCUT2D eigenvalue weighted by atomic mass is 10.0. The van der Waals surface area contributed by atoms with E-state index in [1.54, 1.807) is 0 Å². The average Bonchev–Trinajstić information content (AvgIpc) is 2.85. The SMILES string of the molecule is CCCn1ccc(CN[C@H](C)c2ccccc2C)c1. The minimum absolute atomic E-state index is 0.385. The minimum Gasteiger partial charge on any atom is -0.354 e. The molecule has 102 valence electrons. The maximum atomic E-state index is 3.60. The van der Waals surface area contributed by atoms with E-state index in [-0.39, 0.29) is 0 Å². The topological polar surface area (TPSA) is 17.0 Å². The molecular weight excluding hydrogens is 232 g/mol. The molecule has 0 unspecified atom stereocenters. The molecule has 2 heteroatoms. The first-order valence-electron chi connectivity index (χ1n) is 7.14. The fourth-order valence-corrected chi connectivity index (χ4v) is 2.45. The summed E-state index contributed by atoms with van der Waals surface area (Å²) in [6.07, 6.45) is 5.58. The van der Waals surface area contributed by atoms with Crippen LogP contribution in [-0.4, -0.2) is 4.57 Å². The summed E-state index contributed by atoms with van der Waals surface area (Å²) in [7, 11) is 0. The summed E-state index contributed by atoms with van der Waals surface area (Å²) >= 11 is 0. The van der Waals surface area contributed by atoms with E-state index in [0.29, 0.717) is 6.04 Å². The predicted molar refractivity (Wildman–Crippen MR) is 81.2 cm³/mol. The van der Waals surface area contributed by atoms with Gasteiger partial charge in [0.2, 0.25) is 0 Å². The van der Waals surface area contributed by atoms with Crippen molar-refractivity contribution in [3.8, 4) is 0 Å². The Kier molecular flexibility index (Phi) is 4.80. The van der Waals surface area contributed by atoms with Crippen LogP contribution in [0.2, 0.25) is 0 Å². The number of hydrogen-bond donors (Lipinski definition) is 1. The quantitative estimate of drug-likeness (QED) is 0.825. The Hall–Kier alpha value is -1.54. The first kappa shape index (κ1) is 13.9. The normalized spacial score (nSPS) is 12.6. The highest BCUT2D eigenvalue weighted by Gasteiger charge is 2.07. The Balaban J connectivity index is 1.92. The number of rotatable bonds is 6. The van der Waals surface area contributed by atoms with Crippen LogP contribution in [0.3, 0.4) is 0 Å². The molecule has 2 aromatic rings. The Morgan fingerprint density at radius 3 is 2.74 bits per heavy atom. The third-order valence-corrected chi connectivity index (χ3v) is 3.56. The van der Waals surface area contributed by atoms with Crippen molar-refractivity contribution >= 4 is 0 Å². The van der Waals surface area contributed by atoms with Crippen LogP contribution in [0, 0.1) is 6.92 Å². The van der Waals surface area contributed by atoms with Crippen LogP contribution in [-0.2, 0) is 13.1 Å². The van der Waals surface area contributed by atoms with E-state index in [1.165, 1.54) is 23.1 Å². The first-order chi connectivity index (χ1) is 9.20. The van der Waals surface area contributed by atoms with Crippen LogP contribution >= 0.6 is 0 Å². The van der Waals surface area contributed by atoms with Gasteiger partial charge in [-0.15, -0.1) is 0 Å². The number of aromatic nitrogens is 1. The number of nitrogens with one attached hydrogen (secondary N) is 1. The van der Waals surface area contributed by atoms with Crippen LogP contribution in [0.25, 0.3) is 0 Å². The standard InChI is InChI=1S/C17H24N2/c1-4-10-19-11-9-16(13-19)12-18-15(3)17-8-6-5-7-14(17)2/h5-9,11,13,15,18H,4,10,12H2,1-3H3/t15-/m1/s1. The van der Waals surface area contributed by atoms with Gasteiger partial charge in [0, 0.05) is 31.5 Å². The highest BCUT2D eigenvalue weighted by molar-refractivity contribution is 5.28. The second-order valence-corrected chi connectivity index (χ2v) is 5.22. The molecule has 0 aliphatic heterocycles. The van der Waals surface area contributed by atoms with Crippen LogP contribution in [0.5, 0.6) is 0 Å². The van der Waals surface area contributed by atoms with Crippen LogP contribution in [0.4, 0.5) is 0 Å². The van der Waals surface area contributed by atoms with Gasteiger partial charge in [0.1, 0.15) is 0 Å². The van der Waals surface area contributed by atoms with Gasteiger partial charge in [-0.2, -0.15) is 0 Å². The summed E-state index contributed by atoms with van der Waals surface area (Å²) in [5.74, 6) is 0. The fourth-order valence-electron chi connectivity index (χ4n) is 2.45. The molecule has 1 N–H and O–H groups in total. The van der Waals surface area contributed by atoms with Gasteiger partial charge >= 0.3 is 0 Å². The molecular formula is C17H24N2. The van der Waals surface area contributed by atoms with E-state index in [1.807, 2.05) is 0 Å². The summed E-state index contributed by atoms with van der Waals surface area (Å²) in [5, 5.41) is 3.60. The number of nitrogens with zero attached hydrogens (tertiary/aromatic N) is 1. The second-order valence-electron chi connectivity index (χ2n) is 5.22. The van der Waals surface area contributed by atoms with Gasteiger partial charge in [0.15, 0.2) is 0 Å². The van der Waals surface area contributed by atoms with Crippen molar-refractivity contribution in [2.24, 2.45) is 0 Å². The van der Waals surface area contributed by atoms with Crippen molar-refractivity contribution in [2.75, 3.05) is 0 Å². The molecule has 2 nitrogen and oxygen atoms in total. The summed E-state index contributed by atoms with van der Waals surface area (Å²) in [6.45, 7) is 8.63. The molecule has 0 bridgehead atoms. The van der Waals surface area contributed by atoms with Gasteiger partial charge in [-0.05, 0) is 43.0 Å². The molecule has 0 saturated heterocycles.